The summed E-state index contributed by atoms with van der Waals surface area (Å²) in [5.41, 5.74) is 2.66. The van der Waals surface area contributed by atoms with E-state index in [2.05, 4.69) is 11.4 Å². The average Bonchev–Trinajstić information content (AvgIpc) is 2.41. The second-order valence-electron chi connectivity index (χ2n) is 3.79. The molecule has 90 valence electrons. The predicted octanol–water partition coefficient (Wildman–Crippen LogP) is 4.48. The Balaban J connectivity index is 2.02. The molecule has 2 nitrogen and oxygen atoms in total. The van der Waals surface area contributed by atoms with Crippen molar-refractivity contribution in [2.45, 2.75) is 6.54 Å². The van der Waals surface area contributed by atoms with Gasteiger partial charge >= 0.3 is 0 Å². The van der Waals surface area contributed by atoms with Crippen LogP contribution in [-0.2, 0) is 6.54 Å². The van der Waals surface area contributed by atoms with Crippen molar-refractivity contribution >= 4 is 28.9 Å². The summed E-state index contributed by atoms with van der Waals surface area (Å²) in [5.74, 6) is 0. The van der Waals surface area contributed by atoms with Gasteiger partial charge in [-0.2, -0.15) is 5.26 Å². The third-order valence-electron chi connectivity index (χ3n) is 2.49. The smallest absolute Gasteiger partial charge is 0.0991 e. The minimum absolute atomic E-state index is 0.552. The summed E-state index contributed by atoms with van der Waals surface area (Å²) in [6.07, 6.45) is 0. The van der Waals surface area contributed by atoms with Crippen LogP contribution in [0, 0.1) is 11.3 Å². The van der Waals surface area contributed by atoms with Gasteiger partial charge in [-0.1, -0.05) is 29.3 Å². The monoisotopic (exact) mass is 276 g/mol. The second-order valence-corrected chi connectivity index (χ2v) is 4.61. The van der Waals surface area contributed by atoms with E-state index in [1.807, 2.05) is 24.3 Å². The maximum Gasteiger partial charge on any atom is 0.0991 e. The zero-order valence-corrected chi connectivity index (χ0v) is 11.0. The molecule has 0 spiro atoms. The lowest BCUT2D eigenvalue weighted by atomic mass is 10.2. The quantitative estimate of drug-likeness (QED) is 0.898. The van der Waals surface area contributed by atoms with Crippen molar-refractivity contribution in [3.8, 4) is 6.07 Å². The fraction of sp³-hybridized carbons (Fsp3) is 0.0714. The molecule has 0 saturated heterocycles. The molecule has 0 bridgehead atoms. The molecule has 0 aromatic heterocycles. The number of anilines is 1. The molecule has 0 saturated carbocycles. The van der Waals surface area contributed by atoms with Gasteiger partial charge in [0.2, 0.25) is 0 Å². The molecule has 0 aliphatic carbocycles. The summed E-state index contributed by atoms with van der Waals surface area (Å²) in [4.78, 5) is 0. The zero-order valence-electron chi connectivity index (χ0n) is 9.45. The molecule has 2 aromatic carbocycles. The Hall–Kier alpha value is -1.69. The molecule has 0 aliphatic heterocycles. The van der Waals surface area contributed by atoms with Crippen LogP contribution in [0.2, 0.25) is 10.0 Å². The standard InChI is InChI=1S/C14H10Cl2N2/c15-13-6-3-11(7-14(13)16)9-18-12-4-1-10(8-17)2-5-12/h1-7,18H,9H2. The molecule has 4 heteroatoms. The van der Waals surface area contributed by atoms with Crippen LogP contribution in [0.4, 0.5) is 5.69 Å². The molecule has 18 heavy (non-hydrogen) atoms. The van der Waals surface area contributed by atoms with Crippen molar-refractivity contribution in [1.29, 1.82) is 5.26 Å². The summed E-state index contributed by atoms with van der Waals surface area (Å²) < 4.78 is 0. The number of hydrogen-bond acceptors (Lipinski definition) is 2. The van der Waals surface area contributed by atoms with Gasteiger partial charge in [-0.3, -0.25) is 0 Å². The highest BCUT2D eigenvalue weighted by Crippen LogP contribution is 2.23. The van der Waals surface area contributed by atoms with Gasteiger partial charge in [0.25, 0.3) is 0 Å². The van der Waals surface area contributed by atoms with Crippen LogP contribution in [0.3, 0.4) is 0 Å². The number of nitriles is 1. The first-order valence-corrected chi connectivity index (χ1v) is 6.12. The van der Waals surface area contributed by atoms with E-state index in [0.29, 0.717) is 22.2 Å². The van der Waals surface area contributed by atoms with Gasteiger partial charge in [0, 0.05) is 12.2 Å². The van der Waals surface area contributed by atoms with E-state index >= 15 is 0 Å². The number of halogens is 2. The van der Waals surface area contributed by atoms with Crippen molar-refractivity contribution in [1.82, 2.24) is 0 Å². The van der Waals surface area contributed by atoms with E-state index in [0.717, 1.165) is 11.3 Å². The lowest BCUT2D eigenvalue weighted by molar-refractivity contribution is 1.15. The van der Waals surface area contributed by atoms with Crippen molar-refractivity contribution in [2.24, 2.45) is 0 Å². The van der Waals surface area contributed by atoms with E-state index in [1.165, 1.54) is 0 Å². The predicted molar refractivity (Wildman–Crippen MR) is 74.9 cm³/mol. The van der Waals surface area contributed by atoms with Crippen LogP contribution in [0.5, 0.6) is 0 Å². The normalized spacial score (nSPS) is 9.83. The summed E-state index contributed by atoms with van der Waals surface area (Å²) >= 11 is 11.8. The Bertz CT molecular complexity index is 586. The Kier molecular flexibility index (Phi) is 4.09. The van der Waals surface area contributed by atoms with E-state index < -0.39 is 0 Å². The zero-order chi connectivity index (χ0) is 13.0. The van der Waals surface area contributed by atoms with Crippen LogP contribution in [0.25, 0.3) is 0 Å². The molecule has 0 aliphatic rings. The highest BCUT2D eigenvalue weighted by Gasteiger charge is 1.99. The lowest BCUT2D eigenvalue weighted by Gasteiger charge is -2.07. The van der Waals surface area contributed by atoms with Gasteiger partial charge in [0.15, 0.2) is 0 Å². The van der Waals surface area contributed by atoms with E-state index in [1.54, 1.807) is 18.2 Å². The van der Waals surface area contributed by atoms with Gasteiger partial charge in [0.05, 0.1) is 21.7 Å². The summed E-state index contributed by atoms with van der Waals surface area (Å²) in [6.45, 7) is 0.656. The first kappa shape index (κ1) is 12.8. The Morgan fingerprint density at radius 1 is 1.00 bits per heavy atom. The van der Waals surface area contributed by atoms with Crippen LogP contribution in [-0.4, -0.2) is 0 Å². The molecule has 0 heterocycles. The lowest BCUT2D eigenvalue weighted by Crippen LogP contribution is -1.99. The average molecular weight is 277 g/mol. The Labute approximate surface area is 116 Å². The molecule has 0 atom stereocenters. The molecule has 1 N–H and O–H groups in total. The molecule has 2 rings (SSSR count). The number of nitrogens with one attached hydrogen (secondary N) is 1. The molecule has 0 unspecified atom stereocenters. The van der Waals surface area contributed by atoms with Gasteiger partial charge in [-0.25, -0.2) is 0 Å². The van der Waals surface area contributed by atoms with E-state index in [4.69, 9.17) is 28.5 Å². The number of rotatable bonds is 3. The van der Waals surface area contributed by atoms with Crippen molar-refractivity contribution in [3.05, 3.63) is 63.6 Å². The van der Waals surface area contributed by atoms with Crippen LogP contribution in [0.15, 0.2) is 42.5 Å². The van der Waals surface area contributed by atoms with Crippen molar-refractivity contribution in [2.75, 3.05) is 5.32 Å². The third-order valence-corrected chi connectivity index (χ3v) is 3.23. The maximum absolute atomic E-state index is 8.70. The second kappa shape index (κ2) is 5.77. The SMILES string of the molecule is N#Cc1ccc(NCc2ccc(Cl)c(Cl)c2)cc1. The molecule has 0 fully saturated rings. The topological polar surface area (TPSA) is 35.8 Å². The first-order chi connectivity index (χ1) is 8.69. The maximum atomic E-state index is 8.70. The minimum Gasteiger partial charge on any atom is -0.381 e. The molecular formula is C14H10Cl2N2. The van der Waals surface area contributed by atoms with E-state index in [9.17, 15) is 0 Å². The number of benzene rings is 2. The molecule has 0 radical (unpaired) electrons. The third kappa shape index (κ3) is 3.16. The van der Waals surface area contributed by atoms with Crippen LogP contribution in [0.1, 0.15) is 11.1 Å². The highest BCUT2D eigenvalue weighted by atomic mass is 35.5. The van der Waals surface area contributed by atoms with Gasteiger partial charge in [0.1, 0.15) is 0 Å². The summed E-state index contributed by atoms with van der Waals surface area (Å²) in [5, 5.41) is 13.0. The summed E-state index contributed by atoms with van der Waals surface area (Å²) in [7, 11) is 0. The van der Waals surface area contributed by atoms with Crippen molar-refractivity contribution in [3.63, 3.8) is 0 Å². The Morgan fingerprint density at radius 3 is 2.33 bits per heavy atom. The van der Waals surface area contributed by atoms with Crippen molar-refractivity contribution < 1.29 is 0 Å². The number of hydrogen-bond donors (Lipinski definition) is 1. The summed E-state index contributed by atoms with van der Waals surface area (Å²) in [6, 6.07) is 14.9. The largest absolute Gasteiger partial charge is 0.381 e. The minimum atomic E-state index is 0.552. The van der Waals surface area contributed by atoms with E-state index in [-0.39, 0.29) is 0 Å². The van der Waals surface area contributed by atoms with Crippen LogP contribution >= 0.6 is 23.2 Å². The molecule has 0 amide bonds. The highest BCUT2D eigenvalue weighted by molar-refractivity contribution is 6.42. The Morgan fingerprint density at radius 2 is 1.72 bits per heavy atom. The fourth-order valence-corrected chi connectivity index (χ4v) is 1.84. The van der Waals surface area contributed by atoms with Gasteiger partial charge < -0.3 is 5.32 Å². The molecular weight excluding hydrogens is 267 g/mol. The van der Waals surface area contributed by atoms with Gasteiger partial charge in [-0.15, -0.1) is 0 Å². The fourth-order valence-electron chi connectivity index (χ4n) is 1.52. The van der Waals surface area contributed by atoms with Gasteiger partial charge in [-0.05, 0) is 42.0 Å². The number of nitrogens with zero attached hydrogens (tertiary/aromatic N) is 1. The van der Waals surface area contributed by atoms with Crippen LogP contribution < -0.4 is 5.32 Å². The molecule has 2 aromatic rings. The first-order valence-electron chi connectivity index (χ1n) is 5.37.